The summed E-state index contributed by atoms with van der Waals surface area (Å²) in [6.45, 7) is 5.86. The molecule has 0 aliphatic rings. The number of aryl methyl sites for hydroxylation is 1. The average molecular weight is 292 g/mol. The van der Waals surface area contributed by atoms with Gasteiger partial charge in [-0.1, -0.05) is 12.1 Å². The van der Waals surface area contributed by atoms with Crippen LogP contribution in [0, 0.1) is 12.7 Å². The maximum Gasteiger partial charge on any atom is 0.123 e. The molecule has 0 saturated heterocycles. The molecule has 0 unspecified atom stereocenters. The van der Waals surface area contributed by atoms with Gasteiger partial charge in [0.2, 0.25) is 0 Å². The van der Waals surface area contributed by atoms with Crippen molar-refractivity contribution in [3.05, 3.63) is 57.5 Å². The van der Waals surface area contributed by atoms with Crippen molar-refractivity contribution in [3.8, 4) is 0 Å². The number of benzene rings is 1. The number of rotatable bonds is 7. The minimum absolute atomic E-state index is 0.176. The van der Waals surface area contributed by atoms with E-state index in [1.807, 2.05) is 12.1 Å². The first-order chi connectivity index (χ1) is 9.65. The van der Waals surface area contributed by atoms with Gasteiger partial charge < -0.3 is 10.2 Å². The predicted octanol–water partition coefficient (Wildman–Crippen LogP) is 3.42. The Morgan fingerprint density at radius 3 is 2.60 bits per heavy atom. The van der Waals surface area contributed by atoms with Crippen LogP contribution < -0.4 is 5.32 Å². The lowest BCUT2D eigenvalue weighted by Gasteiger charge is -2.17. The predicted molar refractivity (Wildman–Crippen MR) is 83.5 cm³/mol. The molecule has 2 aromatic rings. The molecular formula is C16H21FN2S. The molecule has 2 nitrogen and oxygen atoms in total. The molecule has 20 heavy (non-hydrogen) atoms. The SMILES string of the molecule is Cc1ccsc1CNCCN(C)Cc1ccc(F)cc1. The quantitative estimate of drug-likeness (QED) is 0.787. The lowest BCUT2D eigenvalue weighted by molar-refractivity contribution is 0.324. The summed E-state index contributed by atoms with van der Waals surface area (Å²) in [6, 6.07) is 8.87. The summed E-state index contributed by atoms with van der Waals surface area (Å²) in [5.74, 6) is -0.176. The number of halogens is 1. The van der Waals surface area contributed by atoms with Crippen LogP contribution in [0.25, 0.3) is 0 Å². The zero-order chi connectivity index (χ0) is 14.4. The third kappa shape index (κ3) is 4.71. The summed E-state index contributed by atoms with van der Waals surface area (Å²) in [5.41, 5.74) is 2.50. The molecule has 0 spiro atoms. The molecule has 1 aromatic carbocycles. The molecule has 1 N–H and O–H groups in total. The summed E-state index contributed by atoms with van der Waals surface area (Å²) in [4.78, 5) is 3.65. The molecule has 108 valence electrons. The maximum absolute atomic E-state index is 12.8. The van der Waals surface area contributed by atoms with Crippen molar-refractivity contribution in [2.24, 2.45) is 0 Å². The van der Waals surface area contributed by atoms with Crippen molar-refractivity contribution < 1.29 is 4.39 Å². The zero-order valence-electron chi connectivity index (χ0n) is 12.0. The molecule has 1 aromatic heterocycles. The molecule has 1 heterocycles. The zero-order valence-corrected chi connectivity index (χ0v) is 12.8. The highest BCUT2D eigenvalue weighted by Gasteiger charge is 2.02. The Bertz CT molecular complexity index is 522. The summed E-state index contributed by atoms with van der Waals surface area (Å²) in [5, 5.41) is 5.60. The Morgan fingerprint density at radius 2 is 1.95 bits per heavy atom. The molecule has 0 aliphatic carbocycles. The van der Waals surface area contributed by atoms with Gasteiger partial charge in [-0.3, -0.25) is 0 Å². The average Bonchev–Trinajstić information content (AvgIpc) is 2.83. The molecule has 0 saturated carbocycles. The van der Waals surface area contributed by atoms with Gasteiger partial charge in [0, 0.05) is 31.1 Å². The van der Waals surface area contributed by atoms with Crippen molar-refractivity contribution in [1.82, 2.24) is 10.2 Å². The normalized spacial score (nSPS) is 11.2. The van der Waals surface area contributed by atoms with E-state index in [1.54, 1.807) is 11.3 Å². The van der Waals surface area contributed by atoms with Crippen molar-refractivity contribution in [2.75, 3.05) is 20.1 Å². The fourth-order valence-electron chi connectivity index (χ4n) is 2.04. The smallest absolute Gasteiger partial charge is 0.123 e. The van der Waals surface area contributed by atoms with Gasteiger partial charge in [0.1, 0.15) is 5.82 Å². The second kappa shape index (κ2) is 7.53. The second-order valence-corrected chi connectivity index (χ2v) is 6.07. The van der Waals surface area contributed by atoms with Crippen molar-refractivity contribution in [2.45, 2.75) is 20.0 Å². The Balaban J connectivity index is 1.66. The Labute approximate surface area is 124 Å². The van der Waals surface area contributed by atoms with Gasteiger partial charge >= 0.3 is 0 Å². The monoisotopic (exact) mass is 292 g/mol. The Kier molecular flexibility index (Phi) is 5.71. The number of nitrogens with zero attached hydrogens (tertiary/aromatic N) is 1. The van der Waals surface area contributed by atoms with Crippen LogP contribution >= 0.6 is 11.3 Å². The topological polar surface area (TPSA) is 15.3 Å². The van der Waals surface area contributed by atoms with Gasteiger partial charge in [0.15, 0.2) is 0 Å². The number of nitrogens with one attached hydrogen (secondary N) is 1. The fraction of sp³-hybridized carbons (Fsp3) is 0.375. The van der Waals surface area contributed by atoms with Gasteiger partial charge in [-0.05, 0) is 48.7 Å². The minimum Gasteiger partial charge on any atom is -0.311 e. The summed E-state index contributed by atoms with van der Waals surface area (Å²) < 4.78 is 12.8. The van der Waals surface area contributed by atoms with E-state index < -0.39 is 0 Å². The van der Waals surface area contributed by atoms with Gasteiger partial charge in [0.25, 0.3) is 0 Å². The molecule has 2 rings (SSSR count). The lowest BCUT2D eigenvalue weighted by atomic mass is 10.2. The van der Waals surface area contributed by atoms with Crippen molar-refractivity contribution >= 4 is 11.3 Å². The molecule has 0 radical (unpaired) electrons. The highest BCUT2D eigenvalue weighted by Crippen LogP contribution is 2.14. The summed E-state index contributed by atoms with van der Waals surface area (Å²) in [6.07, 6.45) is 0. The summed E-state index contributed by atoms with van der Waals surface area (Å²) in [7, 11) is 2.08. The molecule has 0 aliphatic heterocycles. The number of likely N-dealkylation sites (N-methyl/N-ethyl adjacent to an activating group) is 1. The Morgan fingerprint density at radius 1 is 1.20 bits per heavy atom. The Hall–Kier alpha value is -1.23. The van der Waals surface area contributed by atoms with E-state index in [0.717, 1.165) is 31.7 Å². The molecule has 0 fully saturated rings. The molecule has 0 bridgehead atoms. The van der Waals surface area contributed by atoms with E-state index in [9.17, 15) is 4.39 Å². The van der Waals surface area contributed by atoms with Crippen LogP contribution in [-0.2, 0) is 13.1 Å². The van der Waals surface area contributed by atoms with Crippen LogP contribution in [0.3, 0.4) is 0 Å². The third-order valence-electron chi connectivity index (χ3n) is 3.29. The standard InChI is InChI=1S/C16H21FN2S/c1-13-7-10-20-16(13)11-18-8-9-19(2)12-14-3-5-15(17)6-4-14/h3-7,10,18H,8-9,11-12H2,1-2H3. The van der Waals surface area contributed by atoms with E-state index in [1.165, 1.54) is 22.6 Å². The van der Waals surface area contributed by atoms with E-state index in [2.05, 4.69) is 35.6 Å². The van der Waals surface area contributed by atoms with Crippen LogP contribution in [0.1, 0.15) is 16.0 Å². The lowest BCUT2D eigenvalue weighted by Crippen LogP contribution is -2.28. The molecular weight excluding hydrogens is 271 g/mol. The largest absolute Gasteiger partial charge is 0.311 e. The van der Waals surface area contributed by atoms with Gasteiger partial charge in [-0.2, -0.15) is 0 Å². The van der Waals surface area contributed by atoms with E-state index in [-0.39, 0.29) is 5.82 Å². The number of thiophene rings is 1. The van der Waals surface area contributed by atoms with E-state index >= 15 is 0 Å². The highest BCUT2D eigenvalue weighted by molar-refractivity contribution is 7.10. The van der Waals surface area contributed by atoms with Crippen LogP contribution in [0.15, 0.2) is 35.7 Å². The van der Waals surface area contributed by atoms with Crippen LogP contribution in [0.5, 0.6) is 0 Å². The number of hydrogen-bond donors (Lipinski definition) is 1. The second-order valence-electron chi connectivity index (χ2n) is 5.07. The van der Waals surface area contributed by atoms with E-state index in [4.69, 9.17) is 0 Å². The molecule has 0 atom stereocenters. The molecule has 4 heteroatoms. The van der Waals surface area contributed by atoms with Gasteiger partial charge in [0.05, 0.1) is 0 Å². The molecule has 0 amide bonds. The fourth-order valence-corrected chi connectivity index (χ4v) is 2.91. The van der Waals surface area contributed by atoms with Crippen LogP contribution in [-0.4, -0.2) is 25.0 Å². The highest BCUT2D eigenvalue weighted by atomic mass is 32.1. The van der Waals surface area contributed by atoms with Gasteiger partial charge in [-0.15, -0.1) is 11.3 Å². The van der Waals surface area contributed by atoms with Crippen molar-refractivity contribution in [1.29, 1.82) is 0 Å². The first kappa shape index (κ1) is 15.2. The van der Waals surface area contributed by atoms with Crippen molar-refractivity contribution in [3.63, 3.8) is 0 Å². The first-order valence-corrected chi connectivity index (χ1v) is 7.70. The van der Waals surface area contributed by atoms with Crippen LogP contribution in [0.4, 0.5) is 4.39 Å². The summed E-state index contributed by atoms with van der Waals surface area (Å²) >= 11 is 1.80. The van der Waals surface area contributed by atoms with E-state index in [0.29, 0.717) is 0 Å². The maximum atomic E-state index is 12.8. The van der Waals surface area contributed by atoms with Crippen LogP contribution in [0.2, 0.25) is 0 Å². The minimum atomic E-state index is -0.176. The van der Waals surface area contributed by atoms with Gasteiger partial charge in [-0.25, -0.2) is 4.39 Å². The third-order valence-corrected chi connectivity index (χ3v) is 4.31. The first-order valence-electron chi connectivity index (χ1n) is 6.82. The number of hydrogen-bond acceptors (Lipinski definition) is 3.